The molecule has 0 atom stereocenters. The lowest BCUT2D eigenvalue weighted by atomic mass is 9.73. The molecule has 0 unspecified atom stereocenters. The van der Waals surface area contributed by atoms with Gasteiger partial charge in [-0.15, -0.1) is 0 Å². The van der Waals surface area contributed by atoms with Crippen LogP contribution in [-0.2, 0) is 16.2 Å². The van der Waals surface area contributed by atoms with Crippen molar-refractivity contribution in [3.63, 3.8) is 0 Å². The van der Waals surface area contributed by atoms with E-state index in [1.165, 1.54) is 100 Å². The van der Waals surface area contributed by atoms with Crippen LogP contribution >= 0.6 is 0 Å². The molecule has 3 aliphatic carbocycles. The Hall–Kier alpha value is -8.72. The SMILES string of the molecule is CCC1(CC)c2cc(C=Cc3ccc4c(c3)C(C)(C)c3cc(N(c5ccccc5)c5ccccc5)ccc3-4)ccc2-c2ccc(C=Cc3ccc4c(c3)C(C)(C)c3cc(N(c5ccccc5)c5ccccc5)ccc3-4)cc21. The summed E-state index contributed by atoms with van der Waals surface area (Å²) in [5.74, 6) is 0. The fraction of sp³-hybridized carbons (Fsp3) is 0.147. The standard InChI is InChI=1S/C75H64N2/c1-7-75(8-2)71-47-53(31-29-51-33-39-61-63-43-37-59(49-69(63)73(3,4)67(61)45-51)76(55-21-13-9-14-22-55)56-23-15-10-16-24-56)35-41-65(71)66-42-36-54(48-72(66)75)32-30-52-34-40-62-64-44-38-60(50-70(64)74(5,6)68(62)46-52)77(57-25-17-11-18-26-57)58-27-19-12-20-28-58/h9-50H,7-8H2,1-6H3. The number of hydrogen-bond donors (Lipinski definition) is 0. The molecule has 10 aromatic carbocycles. The van der Waals surface area contributed by atoms with E-state index < -0.39 is 0 Å². The van der Waals surface area contributed by atoms with Crippen LogP contribution in [0, 0.1) is 0 Å². The molecule has 3 aliphatic rings. The van der Waals surface area contributed by atoms with Crippen LogP contribution in [0.25, 0.3) is 57.7 Å². The second-order valence-corrected chi connectivity index (χ2v) is 22.4. The predicted molar refractivity (Wildman–Crippen MR) is 328 cm³/mol. The summed E-state index contributed by atoms with van der Waals surface area (Å²) in [5, 5.41) is 0. The Balaban J connectivity index is 0.750. The van der Waals surface area contributed by atoms with E-state index in [2.05, 4.69) is 306 Å². The molecule has 0 aromatic heterocycles. The van der Waals surface area contributed by atoms with Gasteiger partial charge in [-0.2, -0.15) is 0 Å². The summed E-state index contributed by atoms with van der Waals surface area (Å²) in [6.07, 6.45) is 11.3. The summed E-state index contributed by atoms with van der Waals surface area (Å²) in [7, 11) is 0. The van der Waals surface area contributed by atoms with Crippen LogP contribution in [0.4, 0.5) is 34.1 Å². The van der Waals surface area contributed by atoms with Crippen LogP contribution in [0.2, 0.25) is 0 Å². The minimum Gasteiger partial charge on any atom is -0.310 e. The summed E-state index contributed by atoms with van der Waals surface area (Å²) in [5.41, 5.74) is 27.8. The monoisotopic (exact) mass is 993 g/mol. The molecular formula is C75H64N2. The third-order valence-electron chi connectivity index (χ3n) is 17.5. The van der Waals surface area contributed by atoms with Gasteiger partial charge in [0.25, 0.3) is 0 Å². The number of fused-ring (bicyclic) bond motifs is 9. The number of anilines is 6. The average molecular weight is 993 g/mol. The summed E-state index contributed by atoms with van der Waals surface area (Å²) >= 11 is 0. The minimum atomic E-state index is -0.163. The van der Waals surface area contributed by atoms with Gasteiger partial charge in [0.1, 0.15) is 0 Å². The van der Waals surface area contributed by atoms with E-state index in [1.807, 2.05) is 0 Å². The van der Waals surface area contributed by atoms with Gasteiger partial charge in [0.05, 0.1) is 0 Å². The molecule has 0 saturated carbocycles. The smallest absolute Gasteiger partial charge is 0.0465 e. The normalized spacial score (nSPS) is 14.7. The second kappa shape index (κ2) is 18.8. The van der Waals surface area contributed by atoms with Crippen LogP contribution < -0.4 is 9.80 Å². The quantitative estimate of drug-likeness (QED) is 0.113. The highest BCUT2D eigenvalue weighted by atomic mass is 15.1. The Bertz CT molecular complexity index is 3600. The van der Waals surface area contributed by atoms with Crippen molar-refractivity contribution in [3.05, 3.63) is 286 Å². The van der Waals surface area contributed by atoms with Gasteiger partial charge in [0, 0.05) is 50.4 Å². The van der Waals surface area contributed by atoms with Crippen molar-refractivity contribution in [2.75, 3.05) is 9.80 Å². The van der Waals surface area contributed by atoms with Gasteiger partial charge >= 0.3 is 0 Å². The van der Waals surface area contributed by atoms with Crippen LogP contribution in [-0.4, -0.2) is 0 Å². The molecule has 0 aliphatic heterocycles. The van der Waals surface area contributed by atoms with Crippen LogP contribution in [0.15, 0.2) is 231 Å². The van der Waals surface area contributed by atoms with Gasteiger partial charge in [-0.05, 0) is 175 Å². The van der Waals surface area contributed by atoms with Crippen molar-refractivity contribution in [3.8, 4) is 33.4 Å². The molecule has 0 saturated heterocycles. The first-order valence-corrected chi connectivity index (χ1v) is 27.6. The van der Waals surface area contributed by atoms with Gasteiger partial charge in [0.2, 0.25) is 0 Å². The van der Waals surface area contributed by atoms with E-state index in [0.29, 0.717) is 0 Å². The Morgan fingerprint density at radius 3 is 0.805 bits per heavy atom. The van der Waals surface area contributed by atoms with Crippen molar-refractivity contribution < 1.29 is 0 Å². The molecule has 0 heterocycles. The molecule has 10 aromatic rings. The zero-order valence-electron chi connectivity index (χ0n) is 45.1. The lowest BCUT2D eigenvalue weighted by Crippen LogP contribution is -2.23. The fourth-order valence-electron chi connectivity index (χ4n) is 13.3. The lowest BCUT2D eigenvalue weighted by molar-refractivity contribution is 0.490. The first-order chi connectivity index (χ1) is 37.6. The highest BCUT2D eigenvalue weighted by Crippen LogP contribution is 2.55. The Kier molecular flexibility index (Phi) is 11.7. The summed E-state index contributed by atoms with van der Waals surface area (Å²) in [6.45, 7) is 14.3. The van der Waals surface area contributed by atoms with Gasteiger partial charge < -0.3 is 9.80 Å². The van der Waals surface area contributed by atoms with Crippen LogP contribution in [0.5, 0.6) is 0 Å². The minimum absolute atomic E-state index is 0.0595. The molecule has 0 N–H and O–H groups in total. The molecule has 0 spiro atoms. The topological polar surface area (TPSA) is 6.48 Å². The number of hydrogen-bond acceptors (Lipinski definition) is 2. The highest BCUT2D eigenvalue weighted by Gasteiger charge is 2.41. The third kappa shape index (κ3) is 8.00. The van der Waals surface area contributed by atoms with Crippen molar-refractivity contribution in [2.24, 2.45) is 0 Å². The summed E-state index contributed by atoms with van der Waals surface area (Å²) in [6, 6.07) is 85.2. The second-order valence-electron chi connectivity index (χ2n) is 22.4. The number of nitrogens with zero attached hydrogens (tertiary/aromatic N) is 2. The van der Waals surface area contributed by atoms with E-state index in [-0.39, 0.29) is 16.2 Å². The van der Waals surface area contributed by atoms with E-state index >= 15 is 0 Å². The van der Waals surface area contributed by atoms with E-state index in [4.69, 9.17) is 0 Å². The van der Waals surface area contributed by atoms with Gasteiger partial charge in [-0.1, -0.05) is 224 Å². The van der Waals surface area contributed by atoms with Crippen molar-refractivity contribution >= 4 is 58.4 Å². The van der Waals surface area contributed by atoms with Crippen molar-refractivity contribution in [2.45, 2.75) is 70.6 Å². The first kappa shape index (κ1) is 48.0. The highest BCUT2D eigenvalue weighted by molar-refractivity contribution is 5.90. The number of benzene rings is 10. The van der Waals surface area contributed by atoms with Crippen LogP contribution in [0.3, 0.4) is 0 Å². The molecule has 0 amide bonds. The predicted octanol–water partition coefficient (Wildman–Crippen LogP) is 20.7. The van der Waals surface area contributed by atoms with Gasteiger partial charge in [-0.3, -0.25) is 0 Å². The maximum absolute atomic E-state index is 2.47. The van der Waals surface area contributed by atoms with E-state index in [9.17, 15) is 0 Å². The molecule has 77 heavy (non-hydrogen) atoms. The molecule has 2 nitrogen and oxygen atoms in total. The molecule has 13 rings (SSSR count). The zero-order chi connectivity index (χ0) is 52.5. The molecule has 0 bridgehead atoms. The maximum Gasteiger partial charge on any atom is 0.0465 e. The summed E-state index contributed by atoms with van der Waals surface area (Å²) in [4.78, 5) is 4.73. The maximum atomic E-state index is 2.47. The molecule has 0 fully saturated rings. The number of rotatable bonds is 12. The fourth-order valence-corrected chi connectivity index (χ4v) is 13.3. The Morgan fingerprint density at radius 2 is 0.519 bits per heavy atom. The lowest BCUT2D eigenvalue weighted by Gasteiger charge is -2.30. The molecule has 0 radical (unpaired) electrons. The van der Waals surface area contributed by atoms with Gasteiger partial charge in [0.15, 0.2) is 0 Å². The largest absolute Gasteiger partial charge is 0.310 e. The summed E-state index contributed by atoms with van der Waals surface area (Å²) < 4.78 is 0. The Labute approximate surface area is 456 Å². The zero-order valence-corrected chi connectivity index (χ0v) is 45.1. The molecule has 2 heteroatoms. The Morgan fingerprint density at radius 1 is 0.273 bits per heavy atom. The third-order valence-corrected chi connectivity index (χ3v) is 17.5. The van der Waals surface area contributed by atoms with Gasteiger partial charge in [-0.25, -0.2) is 0 Å². The molecule has 374 valence electrons. The van der Waals surface area contributed by atoms with Crippen molar-refractivity contribution in [1.82, 2.24) is 0 Å². The van der Waals surface area contributed by atoms with Crippen molar-refractivity contribution in [1.29, 1.82) is 0 Å². The average Bonchev–Trinajstić information content (AvgIpc) is 4.18. The molecular weight excluding hydrogens is 929 g/mol. The van der Waals surface area contributed by atoms with E-state index in [0.717, 1.165) is 35.6 Å². The van der Waals surface area contributed by atoms with Crippen LogP contribution in [0.1, 0.15) is 110 Å². The first-order valence-electron chi connectivity index (χ1n) is 27.6. The van der Waals surface area contributed by atoms with E-state index in [1.54, 1.807) is 0 Å². The number of para-hydroxylation sites is 4.